The van der Waals surface area contributed by atoms with Crippen LogP contribution < -0.4 is 5.32 Å². The van der Waals surface area contributed by atoms with Gasteiger partial charge in [0.15, 0.2) is 0 Å². The summed E-state index contributed by atoms with van der Waals surface area (Å²) in [6, 6.07) is 4.64. The number of hydrogen-bond acceptors (Lipinski definition) is 4. The molecule has 1 unspecified atom stereocenters. The Balaban J connectivity index is 2.09. The fraction of sp³-hybridized carbons (Fsp3) is 0.214. The van der Waals surface area contributed by atoms with Gasteiger partial charge in [0, 0.05) is 18.2 Å². The Bertz CT molecular complexity index is 658. The normalized spacial score (nSPS) is 11.9. The third-order valence-corrected chi connectivity index (χ3v) is 3.64. The number of benzene rings is 1. The molecule has 0 spiro atoms. The number of nitro benzene ring substituents is 1. The molecule has 0 aliphatic carbocycles. The number of nitrogens with zero attached hydrogens (tertiary/aromatic N) is 1. The van der Waals surface area contributed by atoms with E-state index in [9.17, 15) is 19.3 Å². The molecule has 1 heterocycles. The van der Waals surface area contributed by atoms with Crippen LogP contribution in [0.2, 0.25) is 0 Å². The van der Waals surface area contributed by atoms with E-state index >= 15 is 0 Å². The average Bonchev–Trinajstić information content (AvgIpc) is 2.91. The Morgan fingerprint density at radius 2 is 2.24 bits per heavy atom. The van der Waals surface area contributed by atoms with Crippen LogP contribution >= 0.6 is 11.3 Å². The fourth-order valence-corrected chi connectivity index (χ4v) is 2.60. The highest BCUT2D eigenvalue weighted by molar-refractivity contribution is 7.07. The second-order valence-corrected chi connectivity index (χ2v) is 5.41. The zero-order valence-corrected chi connectivity index (χ0v) is 12.0. The molecule has 5 nitrogen and oxygen atoms in total. The largest absolute Gasteiger partial charge is 0.349 e. The van der Waals surface area contributed by atoms with Gasteiger partial charge in [-0.05, 0) is 41.8 Å². The smallest absolute Gasteiger partial charge is 0.270 e. The van der Waals surface area contributed by atoms with Gasteiger partial charge in [-0.3, -0.25) is 14.9 Å². The van der Waals surface area contributed by atoms with Gasteiger partial charge in [0.25, 0.3) is 11.6 Å². The van der Waals surface area contributed by atoms with Crippen molar-refractivity contribution in [3.63, 3.8) is 0 Å². The van der Waals surface area contributed by atoms with E-state index in [1.165, 1.54) is 0 Å². The molecule has 2 rings (SSSR count). The Hall–Kier alpha value is -2.28. The van der Waals surface area contributed by atoms with Crippen molar-refractivity contribution >= 4 is 22.9 Å². The van der Waals surface area contributed by atoms with E-state index in [1.54, 1.807) is 18.3 Å². The summed E-state index contributed by atoms with van der Waals surface area (Å²) in [5.41, 5.74) is 0.445. The van der Waals surface area contributed by atoms with Crippen LogP contribution in [0.15, 0.2) is 35.0 Å². The molecule has 1 amide bonds. The lowest BCUT2D eigenvalue weighted by Crippen LogP contribution is -2.34. The van der Waals surface area contributed by atoms with Gasteiger partial charge in [-0.25, -0.2) is 4.39 Å². The molecule has 1 aromatic heterocycles. The molecule has 0 aliphatic heterocycles. The average molecular weight is 308 g/mol. The van der Waals surface area contributed by atoms with Crippen molar-refractivity contribution in [3.05, 3.63) is 62.1 Å². The fourth-order valence-electron chi connectivity index (χ4n) is 1.92. The number of carbonyl (C=O) groups excluding carboxylic acids is 1. The van der Waals surface area contributed by atoms with E-state index < -0.39 is 16.6 Å². The maximum atomic E-state index is 13.6. The SMILES string of the molecule is CC(Cc1ccsc1)NC(=O)c1cc([N+](=O)[O-])ccc1F. The highest BCUT2D eigenvalue weighted by atomic mass is 32.1. The molecule has 1 atom stereocenters. The summed E-state index contributed by atoms with van der Waals surface area (Å²) in [5.74, 6) is -1.43. The molecular weight excluding hydrogens is 295 g/mol. The molecule has 0 radical (unpaired) electrons. The molecule has 1 N–H and O–H groups in total. The van der Waals surface area contributed by atoms with Gasteiger partial charge in [0.2, 0.25) is 0 Å². The predicted octanol–water partition coefficient (Wildman–Crippen LogP) is 3.16. The monoisotopic (exact) mass is 308 g/mol. The van der Waals surface area contributed by atoms with Crippen LogP contribution in [0.5, 0.6) is 0 Å². The van der Waals surface area contributed by atoms with Crippen molar-refractivity contribution in [1.82, 2.24) is 5.32 Å². The zero-order valence-electron chi connectivity index (χ0n) is 11.2. The van der Waals surface area contributed by atoms with Crippen LogP contribution in [0.1, 0.15) is 22.8 Å². The molecule has 0 bridgehead atoms. The first-order valence-electron chi connectivity index (χ1n) is 6.23. The minimum Gasteiger partial charge on any atom is -0.349 e. The summed E-state index contributed by atoms with van der Waals surface area (Å²) in [4.78, 5) is 22.0. The number of amides is 1. The Labute approximate surface area is 124 Å². The molecule has 2 aromatic rings. The van der Waals surface area contributed by atoms with Gasteiger partial charge >= 0.3 is 0 Å². The van der Waals surface area contributed by atoms with Crippen molar-refractivity contribution in [2.45, 2.75) is 19.4 Å². The second kappa shape index (κ2) is 6.45. The minimum atomic E-state index is -0.777. The standard InChI is InChI=1S/C14H13FN2O3S/c1-9(6-10-4-5-21-8-10)16-14(18)12-7-11(17(19)20)2-3-13(12)15/h2-5,7-9H,6H2,1H3,(H,16,18). The number of non-ortho nitro benzene ring substituents is 1. The van der Waals surface area contributed by atoms with Crippen LogP contribution in [0, 0.1) is 15.9 Å². The van der Waals surface area contributed by atoms with Gasteiger partial charge in [-0.2, -0.15) is 11.3 Å². The van der Waals surface area contributed by atoms with Crippen LogP contribution in [-0.2, 0) is 6.42 Å². The van der Waals surface area contributed by atoms with Gasteiger partial charge < -0.3 is 5.32 Å². The maximum absolute atomic E-state index is 13.6. The van der Waals surface area contributed by atoms with Crippen LogP contribution in [-0.4, -0.2) is 16.9 Å². The first-order valence-corrected chi connectivity index (χ1v) is 7.17. The first kappa shape index (κ1) is 15.1. The van der Waals surface area contributed by atoms with Crippen molar-refractivity contribution in [2.75, 3.05) is 0 Å². The number of carbonyl (C=O) groups is 1. The first-order chi connectivity index (χ1) is 9.97. The summed E-state index contributed by atoms with van der Waals surface area (Å²) < 4.78 is 13.6. The predicted molar refractivity (Wildman–Crippen MR) is 78.0 cm³/mol. The lowest BCUT2D eigenvalue weighted by molar-refractivity contribution is -0.384. The second-order valence-electron chi connectivity index (χ2n) is 4.63. The molecular formula is C14H13FN2O3S. The van der Waals surface area contributed by atoms with E-state index in [1.807, 2.05) is 16.8 Å². The summed E-state index contributed by atoms with van der Waals surface area (Å²) in [6.45, 7) is 1.80. The molecule has 21 heavy (non-hydrogen) atoms. The summed E-state index contributed by atoms with van der Waals surface area (Å²) in [6.07, 6.45) is 0.617. The molecule has 7 heteroatoms. The number of halogens is 1. The molecule has 110 valence electrons. The molecule has 0 aliphatic rings. The molecule has 0 saturated carbocycles. The number of rotatable bonds is 5. The molecule has 1 aromatic carbocycles. The Morgan fingerprint density at radius 3 is 2.86 bits per heavy atom. The third-order valence-electron chi connectivity index (χ3n) is 2.90. The van der Waals surface area contributed by atoms with E-state index in [4.69, 9.17) is 0 Å². The zero-order chi connectivity index (χ0) is 15.4. The summed E-state index contributed by atoms with van der Waals surface area (Å²) in [5, 5.41) is 17.2. The molecule has 0 saturated heterocycles. The Kier molecular flexibility index (Phi) is 4.64. The topological polar surface area (TPSA) is 72.2 Å². The summed E-state index contributed by atoms with van der Waals surface area (Å²) >= 11 is 1.56. The van der Waals surface area contributed by atoms with Crippen molar-refractivity contribution in [3.8, 4) is 0 Å². The van der Waals surface area contributed by atoms with Crippen LogP contribution in [0.3, 0.4) is 0 Å². The van der Waals surface area contributed by atoms with Gasteiger partial charge in [-0.1, -0.05) is 0 Å². The number of hydrogen-bond donors (Lipinski definition) is 1. The quantitative estimate of drug-likeness (QED) is 0.681. The number of nitro groups is 1. The van der Waals surface area contributed by atoms with E-state index in [-0.39, 0.29) is 17.3 Å². The van der Waals surface area contributed by atoms with Crippen LogP contribution in [0.4, 0.5) is 10.1 Å². The van der Waals surface area contributed by atoms with Crippen LogP contribution in [0.25, 0.3) is 0 Å². The minimum absolute atomic E-state index is 0.203. The van der Waals surface area contributed by atoms with Gasteiger partial charge in [0.1, 0.15) is 5.82 Å². The van der Waals surface area contributed by atoms with Gasteiger partial charge in [0.05, 0.1) is 10.5 Å². The van der Waals surface area contributed by atoms with Gasteiger partial charge in [-0.15, -0.1) is 0 Å². The van der Waals surface area contributed by atoms with Crippen molar-refractivity contribution in [1.29, 1.82) is 0 Å². The highest BCUT2D eigenvalue weighted by Crippen LogP contribution is 2.17. The van der Waals surface area contributed by atoms with E-state index in [0.717, 1.165) is 23.8 Å². The molecule has 0 fully saturated rings. The summed E-state index contributed by atoms with van der Waals surface area (Å²) in [7, 11) is 0. The lowest BCUT2D eigenvalue weighted by atomic mass is 10.1. The van der Waals surface area contributed by atoms with Crippen molar-refractivity contribution in [2.24, 2.45) is 0 Å². The number of thiophene rings is 1. The van der Waals surface area contributed by atoms with Crippen molar-refractivity contribution < 1.29 is 14.1 Å². The van der Waals surface area contributed by atoms with E-state index in [0.29, 0.717) is 6.42 Å². The Morgan fingerprint density at radius 1 is 1.48 bits per heavy atom. The number of nitrogens with one attached hydrogen (secondary N) is 1. The third kappa shape index (κ3) is 3.85. The lowest BCUT2D eigenvalue weighted by Gasteiger charge is -2.13. The highest BCUT2D eigenvalue weighted by Gasteiger charge is 2.18. The maximum Gasteiger partial charge on any atom is 0.270 e. The van der Waals surface area contributed by atoms with E-state index in [2.05, 4.69) is 5.32 Å².